The van der Waals surface area contributed by atoms with E-state index in [1.54, 1.807) is 18.2 Å². The number of hydrogen-bond donors (Lipinski definition) is 2. The van der Waals surface area contributed by atoms with E-state index >= 15 is 0 Å². The number of amides is 2. The molecule has 1 heterocycles. The maximum absolute atomic E-state index is 12.4. The average molecular weight is 343 g/mol. The highest BCUT2D eigenvalue weighted by Crippen LogP contribution is 2.35. The van der Waals surface area contributed by atoms with E-state index in [9.17, 15) is 9.59 Å². The van der Waals surface area contributed by atoms with Gasteiger partial charge in [0.15, 0.2) is 0 Å². The highest BCUT2D eigenvalue weighted by molar-refractivity contribution is 5.97. The van der Waals surface area contributed by atoms with E-state index in [4.69, 9.17) is 0 Å². The summed E-state index contributed by atoms with van der Waals surface area (Å²) >= 11 is 0. The first-order valence-corrected chi connectivity index (χ1v) is 9.56. The number of likely N-dealkylation sites (tertiary alicyclic amines) is 1. The van der Waals surface area contributed by atoms with Crippen molar-refractivity contribution in [1.29, 1.82) is 0 Å². The van der Waals surface area contributed by atoms with Gasteiger partial charge in [-0.3, -0.25) is 14.5 Å². The Kier molecular flexibility index (Phi) is 6.08. The van der Waals surface area contributed by atoms with Crippen LogP contribution in [-0.4, -0.2) is 42.9 Å². The molecule has 1 saturated carbocycles. The summed E-state index contributed by atoms with van der Waals surface area (Å²) in [6, 6.07) is 7.12. The van der Waals surface area contributed by atoms with Gasteiger partial charge in [-0.1, -0.05) is 25.3 Å². The van der Waals surface area contributed by atoms with Crippen LogP contribution in [0.25, 0.3) is 0 Å². The molecule has 1 aliphatic carbocycles. The molecule has 5 heteroatoms. The van der Waals surface area contributed by atoms with Gasteiger partial charge in [-0.2, -0.15) is 0 Å². The Balaban J connectivity index is 1.52. The highest BCUT2D eigenvalue weighted by Gasteiger charge is 2.31. The number of anilines is 1. The van der Waals surface area contributed by atoms with Gasteiger partial charge in [0.1, 0.15) is 0 Å². The van der Waals surface area contributed by atoms with Crippen LogP contribution < -0.4 is 10.6 Å². The van der Waals surface area contributed by atoms with Crippen LogP contribution in [0.15, 0.2) is 24.3 Å². The Morgan fingerprint density at radius 2 is 1.96 bits per heavy atom. The lowest BCUT2D eigenvalue weighted by Gasteiger charge is -2.41. The summed E-state index contributed by atoms with van der Waals surface area (Å²) in [5, 5.41) is 5.71. The van der Waals surface area contributed by atoms with Gasteiger partial charge in [0.05, 0.1) is 6.54 Å². The third-order valence-corrected chi connectivity index (χ3v) is 5.49. The fraction of sp³-hybridized carbons (Fsp3) is 0.600. The third kappa shape index (κ3) is 4.82. The van der Waals surface area contributed by atoms with Gasteiger partial charge in [0.2, 0.25) is 5.91 Å². The Bertz CT molecular complexity index is 617. The Labute approximate surface area is 150 Å². The van der Waals surface area contributed by atoms with Crippen LogP contribution in [0.3, 0.4) is 0 Å². The largest absolute Gasteiger partial charge is 0.352 e. The Morgan fingerprint density at radius 1 is 1.16 bits per heavy atom. The van der Waals surface area contributed by atoms with Crippen molar-refractivity contribution in [2.75, 3.05) is 31.5 Å². The number of carbonyl (C=O) groups excluding carboxylic acids is 2. The topological polar surface area (TPSA) is 61.4 Å². The normalized spacial score (nSPS) is 23.6. The molecule has 0 spiro atoms. The van der Waals surface area contributed by atoms with Gasteiger partial charge in [-0.15, -0.1) is 0 Å². The van der Waals surface area contributed by atoms with Crippen molar-refractivity contribution >= 4 is 17.5 Å². The number of rotatable bonds is 5. The van der Waals surface area contributed by atoms with Crippen molar-refractivity contribution in [2.24, 2.45) is 11.8 Å². The van der Waals surface area contributed by atoms with Gasteiger partial charge >= 0.3 is 0 Å². The Hall–Kier alpha value is -1.88. The van der Waals surface area contributed by atoms with Crippen molar-refractivity contribution in [3.63, 3.8) is 0 Å². The van der Waals surface area contributed by atoms with Gasteiger partial charge in [0.25, 0.3) is 5.91 Å². The van der Waals surface area contributed by atoms with E-state index < -0.39 is 0 Å². The minimum Gasteiger partial charge on any atom is -0.352 e. The van der Waals surface area contributed by atoms with Crippen LogP contribution >= 0.6 is 0 Å². The van der Waals surface area contributed by atoms with Crippen molar-refractivity contribution in [1.82, 2.24) is 10.2 Å². The van der Waals surface area contributed by atoms with Crippen molar-refractivity contribution in [3.8, 4) is 0 Å². The lowest BCUT2D eigenvalue weighted by molar-refractivity contribution is -0.118. The zero-order chi connectivity index (χ0) is 17.6. The zero-order valence-electron chi connectivity index (χ0n) is 15.1. The molecule has 0 bridgehead atoms. The van der Waals surface area contributed by atoms with Gasteiger partial charge in [-0.25, -0.2) is 0 Å². The molecule has 1 aromatic carbocycles. The maximum Gasteiger partial charge on any atom is 0.251 e. The standard InChI is InChI=1S/C20H29N3O2/c1-2-21-20(25)16-8-5-9-18(12-16)22-19(24)14-23-11-10-15-6-3-4-7-17(15)13-23/h5,8-9,12,15,17H,2-4,6-7,10-11,13-14H2,1H3,(H,21,25)(H,22,24)/t15-,17-/m0/s1. The summed E-state index contributed by atoms with van der Waals surface area (Å²) in [6.07, 6.45) is 6.64. The molecular formula is C20H29N3O2. The van der Waals surface area contributed by atoms with E-state index in [2.05, 4.69) is 15.5 Å². The molecule has 0 unspecified atom stereocenters. The zero-order valence-corrected chi connectivity index (χ0v) is 15.1. The summed E-state index contributed by atoms with van der Waals surface area (Å²) in [7, 11) is 0. The molecule has 2 atom stereocenters. The molecule has 0 aromatic heterocycles. The van der Waals surface area contributed by atoms with E-state index in [0.717, 1.165) is 24.9 Å². The molecule has 2 N–H and O–H groups in total. The van der Waals surface area contributed by atoms with Crippen LogP contribution in [0, 0.1) is 11.8 Å². The number of nitrogens with zero attached hydrogens (tertiary/aromatic N) is 1. The molecule has 2 fully saturated rings. The number of nitrogens with one attached hydrogen (secondary N) is 2. The number of benzene rings is 1. The van der Waals surface area contributed by atoms with E-state index in [1.165, 1.54) is 32.1 Å². The summed E-state index contributed by atoms with van der Waals surface area (Å²) in [4.78, 5) is 26.6. The molecule has 2 aliphatic rings. The van der Waals surface area contributed by atoms with Gasteiger partial charge in [0, 0.05) is 24.3 Å². The molecule has 0 radical (unpaired) electrons. The predicted octanol–water partition coefficient (Wildman–Crippen LogP) is 2.89. The number of carbonyl (C=O) groups is 2. The quantitative estimate of drug-likeness (QED) is 0.864. The molecular weight excluding hydrogens is 314 g/mol. The second kappa shape index (κ2) is 8.48. The average Bonchev–Trinajstić information content (AvgIpc) is 2.62. The Morgan fingerprint density at radius 3 is 2.76 bits per heavy atom. The number of piperidine rings is 1. The first-order valence-electron chi connectivity index (χ1n) is 9.56. The van der Waals surface area contributed by atoms with Crippen LogP contribution in [0.4, 0.5) is 5.69 Å². The van der Waals surface area contributed by atoms with E-state index in [-0.39, 0.29) is 11.8 Å². The van der Waals surface area contributed by atoms with Crippen LogP contribution in [0.5, 0.6) is 0 Å². The lowest BCUT2D eigenvalue weighted by atomic mass is 9.75. The highest BCUT2D eigenvalue weighted by atomic mass is 16.2. The minimum absolute atomic E-state index is 0.00214. The van der Waals surface area contributed by atoms with Crippen LogP contribution in [0.1, 0.15) is 49.4 Å². The first-order chi connectivity index (χ1) is 12.2. The molecule has 5 nitrogen and oxygen atoms in total. The second-order valence-corrected chi connectivity index (χ2v) is 7.32. The second-order valence-electron chi connectivity index (χ2n) is 7.32. The third-order valence-electron chi connectivity index (χ3n) is 5.49. The van der Waals surface area contributed by atoms with Crippen molar-refractivity contribution in [3.05, 3.63) is 29.8 Å². The predicted molar refractivity (Wildman–Crippen MR) is 99.6 cm³/mol. The number of hydrogen-bond acceptors (Lipinski definition) is 3. The molecule has 2 amide bonds. The smallest absolute Gasteiger partial charge is 0.251 e. The lowest BCUT2D eigenvalue weighted by Crippen LogP contribution is -2.44. The monoisotopic (exact) mass is 343 g/mol. The summed E-state index contributed by atoms with van der Waals surface area (Å²) in [5.41, 5.74) is 1.25. The minimum atomic E-state index is -0.113. The maximum atomic E-state index is 12.4. The molecule has 136 valence electrons. The fourth-order valence-corrected chi connectivity index (χ4v) is 4.22. The summed E-state index contributed by atoms with van der Waals surface area (Å²) < 4.78 is 0. The SMILES string of the molecule is CCNC(=O)c1cccc(NC(=O)CN2CC[C@@H]3CCCC[C@H]3C2)c1. The number of fused-ring (bicyclic) bond motifs is 1. The molecule has 3 rings (SSSR count). The van der Waals surface area contributed by atoms with Gasteiger partial charge < -0.3 is 10.6 Å². The molecule has 1 saturated heterocycles. The van der Waals surface area contributed by atoms with Crippen LogP contribution in [-0.2, 0) is 4.79 Å². The van der Waals surface area contributed by atoms with E-state index in [1.807, 2.05) is 13.0 Å². The summed E-state index contributed by atoms with van der Waals surface area (Å²) in [5.74, 6) is 1.54. The first kappa shape index (κ1) is 17.9. The van der Waals surface area contributed by atoms with Crippen molar-refractivity contribution in [2.45, 2.75) is 39.0 Å². The van der Waals surface area contributed by atoms with Crippen LogP contribution in [0.2, 0.25) is 0 Å². The molecule has 1 aliphatic heterocycles. The fourth-order valence-electron chi connectivity index (χ4n) is 4.22. The molecule has 25 heavy (non-hydrogen) atoms. The summed E-state index contributed by atoms with van der Waals surface area (Å²) in [6.45, 7) is 4.99. The van der Waals surface area contributed by atoms with Crippen molar-refractivity contribution < 1.29 is 9.59 Å². The van der Waals surface area contributed by atoms with E-state index in [0.29, 0.717) is 24.3 Å². The molecule has 1 aromatic rings. The van der Waals surface area contributed by atoms with Gasteiger partial charge in [-0.05, 0) is 56.3 Å².